The molecule has 2 rings (SSSR count). The number of likely N-dealkylation sites (tertiary alicyclic amines) is 1. The van der Waals surface area contributed by atoms with Crippen molar-refractivity contribution in [2.75, 3.05) is 13.2 Å². The number of amides is 2. The lowest BCUT2D eigenvalue weighted by molar-refractivity contribution is 0.157. The summed E-state index contributed by atoms with van der Waals surface area (Å²) in [6.07, 6.45) is 1.56. The molecule has 7 heteroatoms. The van der Waals surface area contributed by atoms with Gasteiger partial charge < -0.3 is 15.3 Å². The Morgan fingerprint density at radius 3 is 2.70 bits per heavy atom. The fraction of sp³-hybridized carbons (Fsp3) is 0.462. The second-order valence-corrected chi connectivity index (χ2v) is 5.59. The van der Waals surface area contributed by atoms with E-state index in [9.17, 15) is 13.6 Å². The topological polar surface area (TPSA) is 52.6 Å². The highest BCUT2D eigenvalue weighted by molar-refractivity contribution is 9.10. The Labute approximate surface area is 123 Å². The minimum absolute atomic E-state index is 0.103. The first kappa shape index (κ1) is 15.2. The van der Waals surface area contributed by atoms with Crippen LogP contribution in [0.25, 0.3) is 0 Å². The third kappa shape index (κ3) is 3.27. The van der Waals surface area contributed by atoms with Gasteiger partial charge in [0.05, 0.1) is 19.2 Å². The van der Waals surface area contributed by atoms with Gasteiger partial charge in [0.15, 0.2) is 0 Å². The number of hydrogen-bond acceptors (Lipinski definition) is 2. The van der Waals surface area contributed by atoms with Crippen molar-refractivity contribution in [3.63, 3.8) is 0 Å². The summed E-state index contributed by atoms with van der Waals surface area (Å²) < 4.78 is 27.5. The molecule has 4 nitrogen and oxygen atoms in total. The summed E-state index contributed by atoms with van der Waals surface area (Å²) in [7, 11) is 0. The first-order valence-corrected chi connectivity index (χ1v) is 7.11. The third-order valence-corrected chi connectivity index (χ3v) is 3.83. The predicted molar refractivity (Wildman–Crippen MR) is 73.1 cm³/mol. The fourth-order valence-electron chi connectivity index (χ4n) is 2.30. The smallest absolute Gasteiger partial charge is 0.317 e. The fourth-order valence-corrected chi connectivity index (χ4v) is 2.70. The van der Waals surface area contributed by atoms with Gasteiger partial charge in [-0.1, -0.05) is 15.9 Å². The van der Waals surface area contributed by atoms with E-state index >= 15 is 0 Å². The zero-order chi connectivity index (χ0) is 14.7. The maximum Gasteiger partial charge on any atom is 0.317 e. The molecule has 0 aliphatic carbocycles. The van der Waals surface area contributed by atoms with Gasteiger partial charge in [0.2, 0.25) is 0 Å². The van der Waals surface area contributed by atoms with Gasteiger partial charge >= 0.3 is 6.03 Å². The van der Waals surface area contributed by atoms with Crippen LogP contribution in [0.3, 0.4) is 0 Å². The van der Waals surface area contributed by atoms with E-state index in [0.717, 1.165) is 25.0 Å². The number of halogens is 3. The van der Waals surface area contributed by atoms with E-state index in [4.69, 9.17) is 5.11 Å². The summed E-state index contributed by atoms with van der Waals surface area (Å²) in [5, 5.41) is 11.6. The number of carbonyl (C=O) groups excluding carboxylic acids is 1. The van der Waals surface area contributed by atoms with Gasteiger partial charge in [-0.05, 0) is 25.0 Å². The molecule has 0 bridgehead atoms. The Morgan fingerprint density at radius 1 is 1.45 bits per heavy atom. The van der Waals surface area contributed by atoms with Crippen LogP contribution in [0.5, 0.6) is 0 Å². The van der Waals surface area contributed by atoms with Crippen LogP contribution in [0, 0.1) is 11.6 Å². The predicted octanol–water partition coefficient (Wildman–Crippen LogP) is 2.39. The Bertz CT molecular complexity index is 490. The number of nitrogens with one attached hydrogen (secondary N) is 1. The molecule has 1 saturated heterocycles. The van der Waals surface area contributed by atoms with E-state index in [2.05, 4.69) is 21.2 Å². The molecular formula is C13H15BrF2N2O2. The molecule has 1 atom stereocenters. The number of rotatable bonds is 3. The number of benzene rings is 1. The quantitative estimate of drug-likeness (QED) is 0.881. The molecular weight excluding hydrogens is 334 g/mol. The summed E-state index contributed by atoms with van der Waals surface area (Å²) in [6.45, 7) is 0.217. The summed E-state index contributed by atoms with van der Waals surface area (Å²) in [6, 6.07) is 1.67. The van der Waals surface area contributed by atoms with Gasteiger partial charge in [0.25, 0.3) is 0 Å². The highest BCUT2D eigenvalue weighted by Crippen LogP contribution is 2.20. The van der Waals surface area contributed by atoms with Crippen LogP contribution in [-0.2, 0) is 6.54 Å². The lowest BCUT2D eigenvalue weighted by Crippen LogP contribution is -2.44. The first-order valence-electron chi connectivity index (χ1n) is 6.31. The van der Waals surface area contributed by atoms with Gasteiger partial charge in [-0.25, -0.2) is 13.6 Å². The SMILES string of the molecule is O=C(NCc1c(F)cc(Br)cc1F)N1CCCC1CO. The Hall–Kier alpha value is -1.21. The van der Waals surface area contributed by atoms with Crippen LogP contribution >= 0.6 is 15.9 Å². The highest BCUT2D eigenvalue weighted by atomic mass is 79.9. The lowest BCUT2D eigenvalue weighted by atomic mass is 10.2. The van der Waals surface area contributed by atoms with Crippen molar-refractivity contribution in [3.8, 4) is 0 Å². The molecule has 20 heavy (non-hydrogen) atoms. The summed E-state index contributed by atoms with van der Waals surface area (Å²) in [4.78, 5) is 13.4. The van der Waals surface area contributed by atoms with Crippen LogP contribution in [0.4, 0.5) is 13.6 Å². The largest absolute Gasteiger partial charge is 0.394 e. The monoisotopic (exact) mass is 348 g/mol. The minimum Gasteiger partial charge on any atom is -0.394 e. The van der Waals surface area contributed by atoms with E-state index in [1.165, 1.54) is 4.90 Å². The van der Waals surface area contributed by atoms with Crippen molar-refractivity contribution >= 4 is 22.0 Å². The molecule has 1 aliphatic heterocycles. The van der Waals surface area contributed by atoms with Crippen LogP contribution < -0.4 is 5.32 Å². The van der Waals surface area contributed by atoms with E-state index < -0.39 is 17.7 Å². The molecule has 1 aromatic rings. The molecule has 0 saturated carbocycles. The number of aliphatic hydroxyl groups is 1. The molecule has 1 unspecified atom stereocenters. The molecule has 0 aromatic heterocycles. The van der Waals surface area contributed by atoms with Crippen molar-refractivity contribution in [3.05, 3.63) is 33.8 Å². The van der Waals surface area contributed by atoms with E-state index in [0.29, 0.717) is 11.0 Å². The van der Waals surface area contributed by atoms with E-state index in [-0.39, 0.29) is 24.8 Å². The van der Waals surface area contributed by atoms with Crippen molar-refractivity contribution in [2.24, 2.45) is 0 Å². The van der Waals surface area contributed by atoms with Gasteiger partial charge in [0, 0.05) is 16.6 Å². The summed E-state index contributed by atoms with van der Waals surface area (Å²) in [5.74, 6) is -1.42. The summed E-state index contributed by atoms with van der Waals surface area (Å²) in [5.41, 5.74) is -0.179. The van der Waals surface area contributed by atoms with Crippen LogP contribution in [0.15, 0.2) is 16.6 Å². The number of aliphatic hydroxyl groups excluding tert-OH is 1. The molecule has 2 N–H and O–H groups in total. The maximum atomic E-state index is 13.6. The average molecular weight is 349 g/mol. The van der Waals surface area contributed by atoms with Crippen molar-refractivity contribution in [1.29, 1.82) is 0 Å². The van der Waals surface area contributed by atoms with Crippen LogP contribution in [0.2, 0.25) is 0 Å². The number of hydrogen-bond donors (Lipinski definition) is 2. The molecule has 1 heterocycles. The maximum absolute atomic E-state index is 13.6. The van der Waals surface area contributed by atoms with Gasteiger partial charge in [-0.2, -0.15) is 0 Å². The number of urea groups is 1. The first-order chi connectivity index (χ1) is 9.52. The molecule has 0 radical (unpaired) electrons. The Balaban J connectivity index is 2.00. The molecule has 110 valence electrons. The van der Waals surface area contributed by atoms with E-state index in [1.54, 1.807) is 0 Å². The lowest BCUT2D eigenvalue weighted by Gasteiger charge is -2.23. The average Bonchev–Trinajstić information content (AvgIpc) is 2.85. The van der Waals surface area contributed by atoms with Crippen LogP contribution in [0.1, 0.15) is 18.4 Å². The standard InChI is InChI=1S/C13H15BrF2N2O2/c14-8-4-11(15)10(12(16)5-8)6-17-13(20)18-3-1-2-9(18)7-19/h4-5,9,19H,1-3,6-7H2,(H,17,20). The zero-order valence-electron chi connectivity index (χ0n) is 10.7. The Morgan fingerprint density at radius 2 is 2.10 bits per heavy atom. The van der Waals surface area contributed by atoms with Crippen molar-refractivity contribution in [1.82, 2.24) is 10.2 Å². The van der Waals surface area contributed by atoms with Crippen LogP contribution in [-0.4, -0.2) is 35.2 Å². The number of nitrogens with zero attached hydrogens (tertiary/aromatic N) is 1. The highest BCUT2D eigenvalue weighted by Gasteiger charge is 2.28. The Kier molecular flexibility index (Phi) is 4.93. The minimum atomic E-state index is -0.711. The van der Waals surface area contributed by atoms with Gasteiger partial charge in [0.1, 0.15) is 11.6 Å². The zero-order valence-corrected chi connectivity index (χ0v) is 12.3. The molecule has 2 amide bonds. The molecule has 1 aromatic carbocycles. The molecule has 0 spiro atoms. The summed E-state index contributed by atoms with van der Waals surface area (Å²) >= 11 is 2.99. The second-order valence-electron chi connectivity index (χ2n) is 4.68. The van der Waals surface area contributed by atoms with Crippen molar-refractivity contribution in [2.45, 2.75) is 25.4 Å². The second kappa shape index (κ2) is 6.49. The molecule has 1 fully saturated rings. The van der Waals surface area contributed by atoms with Gasteiger partial charge in [-0.3, -0.25) is 0 Å². The normalized spacial score (nSPS) is 18.4. The molecule has 1 aliphatic rings. The van der Waals surface area contributed by atoms with E-state index in [1.807, 2.05) is 0 Å². The third-order valence-electron chi connectivity index (χ3n) is 3.37. The number of carbonyl (C=O) groups is 1. The van der Waals surface area contributed by atoms with Gasteiger partial charge in [-0.15, -0.1) is 0 Å². The van der Waals surface area contributed by atoms with Crippen molar-refractivity contribution < 1.29 is 18.7 Å².